The van der Waals surface area contributed by atoms with Crippen molar-refractivity contribution < 1.29 is 0 Å². The summed E-state index contributed by atoms with van der Waals surface area (Å²) in [4.78, 5) is 0. The molecule has 1 aliphatic rings. The molecule has 1 aliphatic carbocycles. The third-order valence-electron chi connectivity index (χ3n) is 4.08. The van der Waals surface area contributed by atoms with Crippen molar-refractivity contribution in [2.24, 2.45) is 0 Å². The number of aryl methyl sites for hydroxylation is 2. The highest BCUT2D eigenvalue weighted by Crippen LogP contribution is 2.23. The first-order valence-corrected chi connectivity index (χ1v) is 7.27. The lowest BCUT2D eigenvalue weighted by Gasteiger charge is -2.26. The van der Waals surface area contributed by atoms with Gasteiger partial charge in [0.05, 0.1) is 0 Å². The molecule has 0 saturated heterocycles. The first kappa shape index (κ1) is 12.3. The van der Waals surface area contributed by atoms with Crippen molar-refractivity contribution in [2.75, 3.05) is 5.32 Å². The summed E-state index contributed by atoms with van der Waals surface area (Å²) in [6, 6.07) is 18.3. The number of rotatable bonds is 3. The van der Waals surface area contributed by atoms with Gasteiger partial charge in [0, 0.05) is 11.7 Å². The molecule has 0 aliphatic heterocycles. The second-order valence-electron chi connectivity index (χ2n) is 5.40. The minimum Gasteiger partial charge on any atom is -0.382 e. The molecule has 2 aromatic carbocycles. The summed E-state index contributed by atoms with van der Waals surface area (Å²) < 4.78 is 0. The van der Waals surface area contributed by atoms with Crippen LogP contribution >= 0.6 is 0 Å². The maximum Gasteiger partial charge on any atom is 0.0342 e. The van der Waals surface area contributed by atoms with Gasteiger partial charge < -0.3 is 5.32 Å². The van der Waals surface area contributed by atoms with Gasteiger partial charge in [-0.15, -0.1) is 0 Å². The Labute approximate surface area is 115 Å². The average Bonchev–Trinajstić information content (AvgIpc) is 2.48. The van der Waals surface area contributed by atoms with E-state index in [0.717, 1.165) is 12.8 Å². The van der Waals surface area contributed by atoms with E-state index in [2.05, 4.69) is 60.8 Å². The summed E-state index contributed by atoms with van der Waals surface area (Å²) in [6.45, 7) is 2.19. The van der Waals surface area contributed by atoms with Gasteiger partial charge in [-0.1, -0.05) is 43.3 Å². The first-order chi connectivity index (χ1) is 9.35. The molecule has 19 heavy (non-hydrogen) atoms. The zero-order chi connectivity index (χ0) is 13.1. The highest BCUT2D eigenvalue weighted by atomic mass is 14.9. The highest BCUT2D eigenvalue weighted by molar-refractivity contribution is 5.46. The largest absolute Gasteiger partial charge is 0.382 e. The minimum absolute atomic E-state index is 0.572. The Balaban J connectivity index is 1.68. The van der Waals surface area contributed by atoms with Crippen LogP contribution in [0.5, 0.6) is 0 Å². The van der Waals surface area contributed by atoms with Gasteiger partial charge in [-0.05, 0) is 54.5 Å². The van der Waals surface area contributed by atoms with Crippen LogP contribution in [0.3, 0.4) is 0 Å². The molecule has 0 aromatic heterocycles. The fourth-order valence-electron chi connectivity index (χ4n) is 2.89. The van der Waals surface area contributed by atoms with Gasteiger partial charge in [0.15, 0.2) is 0 Å². The van der Waals surface area contributed by atoms with Gasteiger partial charge in [0.1, 0.15) is 0 Å². The van der Waals surface area contributed by atoms with Gasteiger partial charge in [-0.2, -0.15) is 0 Å². The van der Waals surface area contributed by atoms with Crippen LogP contribution in [0.4, 0.5) is 5.69 Å². The lowest BCUT2D eigenvalue weighted by Crippen LogP contribution is -2.27. The van der Waals surface area contributed by atoms with Crippen molar-refractivity contribution in [3.63, 3.8) is 0 Å². The summed E-state index contributed by atoms with van der Waals surface area (Å²) in [5.74, 6) is 0. The van der Waals surface area contributed by atoms with E-state index in [1.165, 1.54) is 35.2 Å². The third-order valence-corrected chi connectivity index (χ3v) is 4.08. The fourth-order valence-corrected chi connectivity index (χ4v) is 2.89. The maximum absolute atomic E-state index is 3.67. The molecule has 2 aromatic rings. The molecule has 3 rings (SSSR count). The van der Waals surface area contributed by atoms with E-state index in [1.54, 1.807) is 0 Å². The lowest BCUT2D eigenvalue weighted by molar-refractivity contribution is 0.611. The normalized spacial score (nSPS) is 17.8. The van der Waals surface area contributed by atoms with Crippen LogP contribution in [-0.2, 0) is 19.3 Å². The Morgan fingerprint density at radius 1 is 1.00 bits per heavy atom. The van der Waals surface area contributed by atoms with Crippen LogP contribution in [0, 0.1) is 0 Å². The fraction of sp³-hybridized carbons (Fsp3) is 0.333. The summed E-state index contributed by atoms with van der Waals surface area (Å²) in [5.41, 5.74) is 5.69. The number of hydrogen-bond acceptors (Lipinski definition) is 1. The number of fused-ring (bicyclic) bond motifs is 1. The van der Waals surface area contributed by atoms with Crippen molar-refractivity contribution in [1.29, 1.82) is 0 Å². The SMILES string of the molecule is CCc1ccc(NC2CCc3ccccc3C2)cc1. The Bertz CT molecular complexity index is 542. The predicted octanol–water partition coefficient (Wildman–Crippen LogP) is 4.22. The minimum atomic E-state index is 0.572. The highest BCUT2D eigenvalue weighted by Gasteiger charge is 2.17. The quantitative estimate of drug-likeness (QED) is 0.861. The monoisotopic (exact) mass is 251 g/mol. The topological polar surface area (TPSA) is 12.0 Å². The van der Waals surface area contributed by atoms with Gasteiger partial charge >= 0.3 is 0 Å². The number of nitrogens with one attached hydrogen (secondary N) is 1. The molecule has 0 spiro atoms. The summed E-state index contributed by atoms with van der Waals surface area (Å²) >= 11 is 0. The lowest BCUT2D eigenvalue weighted by atomic mass is 9.88. The molecule has 1 unspecified atom stereocenters. The molecule has 0 fully saturated rings. The summed E-state index contributed by atoms with van der Waals surface area (Å²) in [7, 11) is 0. The summed E-state index contributed by atoms with van der Waals surface area (Å²) in [6.07, 6.45) is 4.68. The van der Waals surface area contributed by atoms with E-state index in [0.29, 0.717) is 6.04 Å². The molecule has 1 heteroatoms. The molecule has 0 amide bonds. The maximum atomic E-state index is 3.67. The molecular weight excluding hydrogens is 230 g/mol. The molecular formula is C18H21N. The average molecular weight is 251 g/mol. The van der Waals surface area contributed by atoms with Gasteiger partial charge in [0.25, 0.3) is 0 Å². The van der Waals surface area contributed by atoms with E-state index in [1.807, 2.05) is 0 Å². The van der Waals surface area contributed by atoms with Crippen LogP contribution in [0.1, 0.15) is 30.0 Å². The molecule has 0 radical (unpaired) electrons. The molecule has 0 heterocycles. The first-order valence-electron chi connectivity index (χ1n) is 7.27. The van der Waals surface area contributed by atoms with Gasteiger partial charge in [-0.3, -0.25) is 0 Å². The zero-order valence-electron chi connectivity index (χ0n) is 11.5. The molecule has 1 N–H and O–H groups in total. The van der Waals surface area contributed by atoms with Crippen LogP contribution in [0.2, 0.25) is 0 Å². The van der Waals surface area contributed by atoms with Crippen LogP contribution in [0.15, 0.2) is 48.5 Å². The molecule has 1 nitrogen and oxygen atoms in total. The predicted molar refractivity (Wildman–Crippen MR) is 81.7 cm³/mol. The second-order valence-corrected chi connectivity index (χ2v) is 5.40. The Morgan fingerprint density at radius 2 is 1.74 bits per heavy atom. The van der Waals surface area contributed by atoms with Gasteiger partial charge in [-0.25, -0.2) is 0 Å². The molecule has 1 atom stereocenters. The van der Waals surface area contributed by atoms with E-state index in [-0.39, 0.29) is 0 Å². The molecule has 0 bridgehead atoms. The third kappa shape index (κ3) is 2.81. The van der Waals surface area contributed by atoms with Crippen LogP contribution in [0.25, 0.3) is 0 Å². The molecule has 98 valence electrons. The smallest absolute Gasteiger partial charge is 0.0342 e. The van der Waals surface area contributed by atoms with Crippen LogP contribution in [-0.4, -0.2) is 6.04 Å². The Kier molecular flexibility index (Phi) is 3.54. The zero-order valence-corrected chi connectivity index (χ0v) is 11.5. The Hall–Kier alpha value is -1.76. The van der Waals surface area contributed by atoms with Crippen molar-refractivity contribution in [3.05, 3.63) is 65.2 Å². The number of anilines is 1. The second kappa shape index (κ2) is 5.48. The van der Waals surface area contributed by atoms with Crippen LogP contribution < -0.4 is 5.32 Å². The van der Waals surface area contributed by atoms with E-state index in [9.17, 15) is 0 Å². The van der Waals surface area contributed by atoms with Crippen molar-refractivity contribution >= 4 is 5.69 Å². The number of benzene rings is 2. The number of hydrogen-bond donors (Lipinski definition) is 1. The van der Waals surface area contributed by atoms with Crippen molar-refractivity contribution in [3.8, 4) is 0 Å². The van der Waals surface area contributed by atoms with E-state index < -0.39 is 0 Å². The van der Waals surface area contributed by atoms with E-state index >= 15 is 0 Å². The standard InChI is InChI=1S/C18H21N/c1-2-14-7-10-17(11-8-14)19-18-12-9-15-5-3-4-6-16(15)13-18/h3-8,10-11,18-19H,2,9,12-13H2,1H3. The van der Waals surface area contributed by atoms with E-state index in [4.69, 9.17) is 0 Å². The van der Waals surface area contributed by atoms with Crippen molar-refractivity contribution in [2.45, 2.75) is 38.6 Å². The summed E-state index contributed by atoms with van der Waals surface area (Å²) in [5, 5.41) is 3.67. The molecule has 0 saturated carbocycles. The van der Waals surface area contributed by atoms with Crippen molar-refractivity contribution in [1.82, 2.24) is 0 Å². The Morgan fingerprint density at radius 3 is 2.47 bits per heavy atom. The van der Waals surface area contributed by atoms with Gasteiger partial charge in [0.2, 0.25) is 0 Å².